The van der Waals surface area contributed by atoms with E-state index in [-0.39, 0.29) is 0 Å². The Hall–Kier alpha value is -2.43. The molecule has 0 saturated carbocycles. The number of hydrogen-bond donors (Lipinski definition) is 1. The molecule has 126 valence electrons. The van der Waals surface area contributed by atoms with Crippen molar-refractivity contribution in [1.29, 1.82) is 0 Å². The van der Waals surface area contributed by atoms with Crippen LogP contribution in [-0.4, -0.2) is 15.9 Å². The molecule has 0 spiro atoms. The number of benzene rings is 2. The molecule has 2 N–H and O–H groups in total. The number of imidazole rings is 1. The Kier molecular flexibility index (Phi) is 4.15. The van der Waals surface area contributed by atoms with E-state index in [0.717, 1.165) is 17.1 Å². The lowest BCUT2D eigenvalue weighted by Crippen LogP contribution is -2.06. The van der Waals surface area contributed by atoms with Crippen LogP contribution in [0.3, 0.4) is 0 Å². The van der Waals surface area contributed by atoms with Gasteiger partial charge in [0.1, 0.15) is 0 Å². The third-order valence-electron chi connectivity index (χ3n) is 4.69. The van der Waals surface area contributed by atoms with Crippen LogP contribution >= 0.6 is 11.3 Å². The molecule has 0 fully saturated rings. The van der Waals surface area contributed by atoms with Crippen LogP contribution in [0.5, 0.6) is 0 Å². The third-order valence-corrected chi connectivity index (χ3v) is 5.52. The van der Waals surface area contributed by atoms with Crippen molar-refractivity contribution in [3.63, 3.8) is 0 Å². The normalized spacial score (nSPS) is 11.3. The van der Waals surface area contributed by atoms with Gasteiger partial charge in [-0.05, 0) is 43.1 Å². The molecule has 0 radical (unpaired) electrons. The number of thiazole rings is 1. The maximum Gasteiger partial charge on any atom is 0.194 e. The zero-order valence-corrected chi connectivity index (χ0v) is 15.3. The minimum Gasteiger partial charge on any atom is -0.330 e. The van der Waals surface area contributed by atoms with E-state index in [9.17, 15) is 0 Å². The van der Waals surface area contributed by atoms with Gasteiger partial charge in [0.05, 0.1) is 17.1 Å². The summed E-state index contributed by atoms with van der Waals surface area (Å²) in [5.74, 6) is 0. The molecule has 0 amide bonds. The van der Waals surface area contributed by atoms with Gasteiger partial charge in [0.15, 0.2) is 4.96 Å². The van der Waals surface area contributed by atoms with Crippen molar-refractivity contribution in [2.75, 3.05) is 6.54 Å². The monoisotopic (exact) mass is 347 g/mol. The minimum absolute atomic E-state index is 0.607. The number of rotatable bonds is 4. The van der Waals surface area contributed by atoms with Gasteiger partial charge in [-0.2, -0.15) is 0 Å². The molecule has 0 saturated heterocycles. The average Bonchev–Trinajstić information content (AvgIpc) is 3.19. The molecule has 0 unspecified atom stereocenters. The van der Waals surface area contributed by atoms with Crippen LogP contribution in [0, 0.1) is 13.8 Å². The second-order valence-electron chi connectivity index (χ2n) is 6.35. The van der Waals surface area contributed by atoms with Crippen molar-refractivity contribution in [1.82, 2.24) is 9.38 Å². The maximum atomic E-state index is 5.93. The van der Waals surface area contributed by atoms with Gasteiger partial charge in [0, 0.05) is 17.4 Å². The SMILES string of the molecule is Cc1ccc(-c2nc3scc(-c4ccccc4)n3c2CCN)cc1C. The summed E-state index contributed by atoms with van der Waals surface area (Å²) in [7, 11) is 0. The van der Waals surface area contributed by atoms with Crippen molar-refractivity contribution in [2.45, 2.75) is 20.3 Å². The number of fused-ring (bicyclic) bond motifs is 1. The van der Waals surface area contributed by atoms with Crippen LogP contribution in [0.25, 0.3) is 27.5 Å². The van der Waals surface area contributed by atoms with Crippen molar-refractivity contribution in [3.05, 3.63) is 70.7 Å². The van der Waals surface area contributed by atoms with Crippen LogP contribution in [0.15, 0.2) is 53.9 Å². The summed E-state index contributed by atoms with van der Waals surface area (Å²) in [5, 5.41) is 2.18. The van der Waals surface area contributed by atoms with E-state index in [1.165, 1.54) is 33.6 Å². The third kappa shape index (κ3) is 2.77. The largest absolute Gasteiger partial charge is 0.330 e. The highest BCUT2D eigenvalue weighted by molar-refractivity contribution is 7.15. The Balaban J connectivity index is 1.95. The Morgan fingerprint density at radius 1 is 1.00 bits per heavy atom. The Labute approximate surface area is 151 Å². The van der Waals surface area contributed by atoms with Crippen LogP contribution < -0.4 is 5.73 Å². The van der Waals surface area contributed by atoms with Gasteiger partial charge in [-0.25, -0.2) is 4.98 Å². The van der Waals surface area contributed by atoms with Crippen molar-refractivity contribution < 1.29 is 0 Å². The minimum atomic E-state index is 0.607. The van der Waals surface area contributed by atoms with Crippen molar-refractivity contribution in [3.8, 4) is 22.5 Å². The van der Waals surface area contributed by atoms with Gasteiger partial charge >= 0.3 is 0 Å². The van der Waals surface area contributed by atoms with E-state index in [0.29, 0.717) is 6.54 Å². The van der Waals surface area contributed by atoms with Gasteiger partial charge in [-0.1, -0.05) is 42.5 Å². The summed E-state index contributed by atoms with van der Waals surface area (Å²) < 4.78 is 2.28. The molecule has 3 nitrogen and oxygen atoms in total. The predicted molar refractivity (Wildman–Crippen MR) is 106 cm³/mol. The lowest BCUT2D eigenvalue weighted by atomic mass is 10.0. The fourth-order valence-corrected chi connectivity index (χ4v) is 4.13. The number of aromatic nitrogens is 2. The topological polar surface area (TPSA) is 43.3 Å². The standard InChI is InChI=1S/C21H21N3S/c1-14-8-9-17(12-15(14)2)20-18(10-11-22)24-19(13-25-21(24)23-20)16-6-4-3-5-7-16/h3-9,12-13H,10-11,22H2,1-2H3. The van der Waals surface area contributed by atoms with E-state index in [4.69, 9.17) is 10.7 Å². The van der Waals surface area contributed by atoms with E-state index in [1.807, 2.05) is 6.07 Å². The molecule has 4 aromatic rings. The zero-order chi connectivity index (χ0) is 17.4. The molecule has 0 aliphatic heterocycles. The van der Waals surface area contributed by atoms with E-state index in [2.05, 4.69) is 66.1 Å². The summed E-state index contributed by atoms with van der Waals surface area (Å²) in [6, 6.07) is 17.0. The summed E-state index contributed by atoms with van der Waals surface area (Å²) in [6.07, 6.45) is 0.806. The van der Waals surface area contributed by atoms with Crippen molar-refractivity contribution in [2.24, 2.45) is 5.73 Å². The highest BCUT2D eigenvalue weighted by Crippen LogP contribution is 2.33. The molecule has 4 rings (SSSR count). The first-order valence-corrected chi connectivity index (χ1v) is 9.39. The summed E-state index contributed by atoms with van der Waals surface area (Å²) in [5.41, 5.74) is 14.3. The van der Waals surface area contributed by atoms with E-state index >= 15 is 0 Å². The first-order valence-electron chi connectivity index (χ1n) is 8.51. The Morgan fingerprint density at radius 2 is 1.80 bits per heavy atom. The molecule has 4 heteroatoms. The first kappa shape index (κ1) is 16.1. The highest BCUT2D eigenvalue weighted by Gasteiger charge is 2.18. The number of aryl methyl sites for hydroxylation is 2. The number of hydrogen-bond acceptors (Lipinski definition) is 3. The van der Waals surface area contributed by atoms with Crippen LogP contribution in [0.4, 0.5) is 0 Å². The molecule has 0 aliphatic rings. The number of nitrogens with two attached hydrogens (primary N) is 1. The second kappa shape index (κ2) is 6.47. The van der Waals surface area contributed by atoms with Gasteiger partial charge < -0.3 is 5.73 Å². The van der Waals surface area contributed by atoms with Crippen molar-refractivity contribution >= 4 is 16.3 Å². The fourth-order valence-electron chi connectivity index (χ4n) is 3.21. The molecule has 2 aromatic heterocycles. The van der Waals surface area contributed by atoms with Crippen LogP contribution in [-0.2, 0) is 6.42 Å². The lowest BCUT2D eigenvalue weighted by Gasteiger charge is -2.08. The molecule has 0 atom stereocenters. The second-order valence-corrected chi connectivity index (χ2v) is 7.19. The summed E-state index contributed by atoms with van der Waals surface area (Å²) in [6.45, 7) is 4.89. The predicted octanol–water partition coefficient (Wildman–Crippen LogP) is 4.85. The zero-order valence-electron chi connectivity index (χ0n) is 14.5. The molecule has 0 bridgehead atoms. The van der Waals surface area contributed by atoms with E-state index < -0.39 is 0 Å². The van der Waals surface area contributed by atoms with E-state index in [1.54, 1.807) is 11.3 Å². The smallest absolute Gasteiger partial charge is 0.194 e. The maximum absolute atomic E-state index is 5.93. The van der Waals surface area contributed by atoms with Crippen LogP contribution in [0.1, 0.15) is 16.8 Å². The fraction of sp³-hybridized carbons (Fsp3) is 0.190. The molecular formula is C21H21N3S. The molecule has 0 aliphatic carbocycles. The van der Waals surface area contributed by atoms with Gasteiger partial charge in [0.2, 0.25) is 0 Å². The quantitative estimate of drug-likeness (QED) is 0.573. The molecule has 2 aromatic carbocycles. The molecular weight excluding hydrogens is 326 g/mol. The first-order chi connectivity index (χ1) is 12.2. The van der Waals surface area contributed by atoms with Gasteiger partial charge in [0.25, 0.3) is 0 Å². The average molecular weight is 347 g/mol. The molecule has 25 heavy (non-hydrogen) atoms. The highest BCUT2D eigenvalue weighted by atomic mass is 32.1. The lowest BCUT2D eigenvalue weighted by molar-refractivity contribution is 0.913. The number of nitrogens with zero attached hydrogens (tertiary/aromatic N) is 2. The summed E-state index contributed by atoms with van der Waals surface area (Å²) >= 11 is 1.68. The van der Waals surface area contributed by atoms with Gasteiger partial charge in [-0.3, -0.25) is 4.40 Å². The Bertz CT molecular complexity index is 1030. The summed E-state index contributed by atoms with van der Waals surface area (Å²) in [4.78, 5) is 5.97. The Morgan fingerprint density at radius 3 is 2.52 bits per heavy atom. The molecule has 2 heterocycles. The van der Waals surface area contributed by atoms with Crippen LogP contribution in [0.2, 0.25) is 0 Å². The van der Waals surface area contributed by atoms with Gasteiger partial charge in [-0.15, -0.1) is 11.3 Å².